The van der Waals surface area contributed by atoms with Gasteiger partial charge in [-0.2, -0.15) is 0 Å². The lowest BCUT2D eigenvalue weighted by Gasteiger charge is -2.14. The van der Waals surface area contributed by atoms with Gasteiger partial charge in [-0.25, -0.2) is 0 Å². The van der Waals surface area contributed by atoms with Crippen LogP contribution in [0.1, 0.15) is 22.3 Å². The number of aryl methyl sites for hydroxylation is 1. The first-order valence-electron chi connectivity index (χ1n) is 8.73. The molecule has 0 aliphatic rings. The fraction of sp³-hybridized carbons (Fsp3) is 0.273. The van der Waals surface area contributed by atoms with E-state index in [9.17, 15) is 5.11 Å². The minimum Gasteiger partial charge on any atom is -0.506 e. The molecule has 0 saturated carbocycles. The largest absolute Gasteiger partial charge is 0.506 e. The first-order valence-corrected chi connectivity index (χ1v) is 8.73. The van der Waals surface area contributed by atoms with Crippen LogP contribution in [-0.4, -0.2) is 25.2 Å². The van der Waals surface area contributed by atoms with E-state index in [1.165, 1.54) is 16.7 Å². The molecule has 0 atom stereocenters. The SMILES string of the molecule is C=C/C=C\c1c(CCNCCc2ccc(C)cc2)ccc(O)c1NC. The number of phenols is 1. The molecule has 0 unspecified atom stereocenters. The molecule has 0 radical (unpaired) electrons. The molecule has 2 aromatic rings. The first-order chi connectivity index (χ1) is 12.2. The summed E-state index contributed by atoms with van der Waals surface area (Å²) in [6.07, 6.45) is 7.55. The maximum Gasteiger partial charge on any atom is 0.139 e. The molecule has 0 aromatic heterocycles. The van der Waals surface area contributed by atoms with Crippen LogP contribution in [0.5, 0.6) is 5.75 Å². The molecule has 0 aliphatic heterocycles. The van der Waals surface area contributed by atoms with Crippen molar-refractivity contribution in [2.24, 2.45) is 0 Å². The lowest BCUT2D eigenvalue weighted by atomic mass is 10.0. The molecule has 132 valence electrons. The van der Waals surface area contributed by atoms with E-state index < -0.39 is 0 Å². The number of aromatic hydroxyl groups is 1. The summed E-state index contributed by atoms with van der Waals surface area (Å²) in [6.45, 7) is 7.68. The maximum absolute atomic E-state index is 10.0. The molecule has 0 fully saturated rings. The van der Waals surface area contributed by atoms with E-state index >= 15 is 0 Å². The lowest BCUT2D eigenvalue weighted by Crippen LogP contribution is -2.20. The number of rotatable bonds is 9. The van der Waals surface area contributed by atoms with Crippen molar-refractivity contribution in [1.82, 2.24) is 5.32 Å². The van der Waals surface area contributed by atoms with Gasteiger partial charge in [0.1, 0.15) is 5.75 Å². The fourth-order valence-electron chi connectivity index (χ4n) is 2.82. The molecule has 0 amide bonds. The molecule has 2 rings (SSSR count). The van der Waals surface area contributed by atoms with Crippen molar-refractivity contribution in [3.05, 3.63) is 77.4 Å². The van der Waals surface area contributed by atoms with Crippen LogP contribution in [0.25, 0.3) is 6.08 Å². The van der Waals surface area contributed by atoms with Crippen molar-refractivity contribution >= 4 is 11.8 Å². The van der Waals surface area contributed by atoms with Gasteiger partial charge in [0.05, 0.1) is 5.69 Å². The normalized spacial score (nSPS) is 11.0. The highest BCUT2D eigenvalue weighted by molar-refractivity contribution is 5.75. The number of hydrogen-bond donors (Lipinski definition) is 3. The zero-order chi connectivity index (χ0) is 18.1. The number of benzene rings is 2. The molecular formula is C22H28N2O. The Morgan fingerprint density at radius 1 is 1.04 bits per heavy atom. The number of anilines is 1. The summed E-state index contributed by atoms with van der Waals surface area (Å²) in [5.41, 5.74) is 5.63. The Labute approximate surface area is 151 Å². The molecule has 3 nitrogen and oxygen atoms in total. The molecule has 3 heteroatoms. The second-order valence-electron chi connectivity index (χ2n) is 6.11. The average Bonchev–Trinajstić information content (AvgIpc) is 2.62. The molecule has 0 saturated heterocycles. The Bertz CT molecular complexity index is 718. The van der Waals surface area contributed by atoms with Crippen molar-refractivity contribution in [2.45, 2.75) is 19.8 Å². The molecule has 0 aliphatic carbocycles. The van der Waals surface area contributed by atoms with E-state index in [-0.39, 0.29) is 5.75 Å². The summed E-state index contributed by atoms with van der Waals surface area (Å²) < 4.78 is 0. The lowest BCUT2D eigenvalue weighted by molar-refractivity contribution is 0.477. The highest BCUT2D eigenvalue weighted by Crippen LogP contribution is 2.31. The van der Waals surface area contributed by atoms with Gasteiger partial charge in [-0.3, -0.25) is 0 Å². The van der Waals surface area contributed by atoms with E-state index in [4.69, 9.17) is 0 Å². The predicted octanol–water partition coefficient (Wildman–Crippen LogP) is 4.32. The van der Waals surface area contributed by atoms with Crippen LogP contribution in [0.2, 0.25) is 0 Å². The van der Waals surface area contributed by atoms with Crippen LogP contribution >= 0.6 is 0 Å². The zero-order valence-electron chi connectivity index (χ0n) is 15.2. The van der Waals surface area contributed by atoms with Gasteiger partial charge >= 0.3 is 0 Å². The van der Waals surface area contributed by atoms with Crippen molar-refractivity contribution in [2.75, 3.05) is 25.5 Å². The molecule has 0 heterocycles. The molecular weight excluding hydrogens is 308 g/mol. The molecule has 3 N–H and O–H groups in total. The van der Waals surface area contributed by atoms with Crippen molar-refractivity contribution < 1.29 is 5.11 Å². The van der Waals surface area contributed by atoms with Gasteiger partial charge in [-0.05, 0) is 50.0 Å². The standard InChI is InChI=1S/C22H28N2O/c1-4-5-6-20-19(11-12-21(25)22(20)23-3)14-16-24-15-13-18-9-7-17(2)8-10-18/h4-12,23-25H,1,13-16H2,2-3H3/b6-5-. The number of hydrogen-bond acceptors (Lipinski definition) is 3. The topological polar surface area (TPSA) is 44.3 Å². The summed E-state index contributed by atoms with van der Waals surface area (Å²) in [5, 5.41) is 16.6. The fourth-order valence-corrected chi connectivity index (χ4v) is 2.82. The number of allylic oxidation sites excluding steroid dienone is 2. The highest BCUT2D eigenvalue weighted by Gasteiger charge is 2.09. The predicted molar refractivity (Wildman–Crippen MR) is 108 cm³/mol. The van der Waals surface area contributed by atoms with Gasteiger partial charge in [-0.15, -0.1) is 0 Å². The van der Waals surface area contributed by atoms with E-state index in [1.807, 2.05) is 25.3 Å². The Morgan fingerprint density at radius 3 is 2.44 bits per heavy atom. The Morgan fingerprint density at radius 2 is 1.76 bits per heavy atom. The van der Waals surface area contributed by atoms with Crippen molar-refractivity contribution in [1.29, 1.82) is 0 Å². The van der Waals surface area contributed by atoms with Gasteiger partial charge in [0.15, 0.2) is 0 Å². The molecule has 0 bridgehead atoms. The molecule has 0 spiro atoms. The first kappa shape index (κ1) is 18.8. The van der Waals surface area contributed by atoms with Gasteiger partial charge < -0.3 is 15.7 Å². The van der Waals surface area contributed by atoms with Crippen molar-refractivity contribution in [3.8, 4) is 5.75 Å². The third-order valence-electron chi connectivity index (χ3n) is 4.24. The van der Waals surface area contributed by atoms with E-state index in [0.29, 0.717) is 0 Å². The van der Waals surface area contributed by atoms with Crippen LogP contribution in [0.15, 0.2) is 55.1 Å². The van der Waals surface area contributed by atoms with Crippen LogP contribution in [0.4, 0.5) is 5.69 Å². The Kier molecular flexibility index (Phi) is 7.30. The third kappa shape index (κ3) is 5.50. The number of nitrogens with one attached hydrogen (secondary N) is 2. The van der Waals surface area contributed by atoms with E-state index in [0.717, 1.165) is 37.2 Å². The van der Waals surface area contributed by atoms with Crippen LogP contribution in [0.3, 0.4) is 0 Å². The van der Waals surface area contributed by atoms with Gasteiger partial charge in [-0.1, -0.05) is 60.7 Å². The molecule has 2 aromatic carbocycles. The molecule has 25 heavy (non-hydrogen) atoms. The summed E-state index contributed by atoms with van der Waals surface area (Å²) in [5.74, 6) is 0.266. The second kappa shape index (κ2) is 9.70. The quantitative estimate of drug-likeness (QED) is 0.363. The number of phenolic OH excluding ortho intramolecular Hbond substituents is 1. The van der Waals surface area contributed by atoms with Gasteiger partial charge in [0.2, 0.25) is 0 Å². The smallest absolute Gasteiger partial charge is 0.139 e. The van der Waals surface area contributed by atoms with Crippen molar-refractivity contribution in [3.63, 3.8) is 0 Å². The van der Waals surface area contributed by atoms with Crippen LogP contribution < -0.4 is 10.6 Å². The second-order valence-corrected chi connectivity index (χ2v) is 6.11. The Balaban J connectivity index is 1.92. The maximum atomic E-state index is 10.0. The van der Waals surface area contributed by atoms with Gasteiger partial charge in [0.25, 0.3) is 0 Å². The highest BCUT2D eigenvalue weighted by atomic mass is 16.3. The monoisotopic (exact) mass is 336 g/mol. The van der Waals surface area contributed by atoms with E-state index in [1.54, 1.807) is 12.1 Å². The summed E-state index contributed by atoms with van der Waals surface area (Å²) in [4.78, 5) is 0. The summed E-state index contributed by atoms with van der Waals surface area (Å²) >= 11 is 0. The summed E-state index contributed by atoms with van der Waals surface area (Å²) in [6, 6.07) is 12.4. The minimum atomic E-state index is 0.266. The Hall–Kier alpha value is -2.52. The van der Waals surface area contributed by atoms with Crippen LogP contribution in [0, 0.1) is 6.92 Å². The summed E-state index contributed by atoms with van der Waals surface area (Å²) in [7, 11) is 1.82. The van der Waals surface area contributed by atoms with Gasteiger partial charge in [0, 0.05) is 12.6 Å². The van der Waals surface area contributed by atoms with Crippen LogP contribution in [-0.2, 0) is 12.8 Å². The average molecular weight is 336 g/mol. The minimum absolute atomic E-state index is 0.266. The zero-order valence-corrected chi connectivity index (χ0v) is 15.2. The third-order valence-corrected chi connectivity index (χ3v) is 4.24. The van der Waals surface area contributed by atoms with E-state index in [2.05, 4.69) is 48.4 Å².